The lowest BCUT2D eigenvalue weighted by atomic mass is 9.75. The molecule has 4 nitrogen and oxygen atoms in total. The first-order valence-electron chi connectivity index (χ1n) is 11.1. The van der Waals surface area contributed by atoms with Crippen LogP contribution in [-0.2, 0) is 9.09 Å². The number of hydrogen-bond acceptors (Lipinski definition) is 4. The molecular weight excluding hydrogens is 429 g/mol. The average Bonchev–Trinajstić information content (AvgIpc) is 2.73. The Bertz CT molecular complexity index is 898. The van der Waals surface area contributed by atoms with E-state index in [0.717, 1.165) is 24.9 Å². The summed E-state index contributed by atoms with van der Waals surface area (Å²) in [6, 6.07) is 14.4. The van der Waals surface area contributed by atoms with E-state index in [1.807, 2.05) is 43.3 Å². The van der Waals surface area contributed by atoms with E-state index < -0.39 is 13.2 Å². The highest BCUT2D eigenvalue weighted by Crippen LogP contribution is 2.60. The first-order valence-corrected chi connectivity index (χ1v) is 13.2. The highest BCUT2D eigenvalue weighted by Gasteiger charge is 2.42. The minimum absolute atomic E-state index is 0.148. The van der Waals surface area contributed by atoms with Gasteiger partial charge in [0.15, 0.2) is 5.85 Å². The minimum Gasteiger partial charge on any atom is -0.378 e. The van der Waals surface area contributed by atoms with Crippen molar-refractivity contribution in [3.05, 3.63) is 59.1 Å². The Kier molecular flexibility index (Phi) is 7.91. The van der Waals surface area contributed by atoms with Gasteiger partial charge in [-0.15, -0.1) is 0 Å². The zero-order valence-corrected chi connectivity index (χ0v) is 20.8. The maximum Gasteiger partial charge on any atom is 0.264 e. The molecule has 170 valence electrons. The lowest BCUT2D eigenvalue weighted by Crippen LogP contribution is -2.35. The first kappa shape index (κ1) is 24.3. The van der Waals surface area contributed by atoms with Crippen LogP contribution in [0.15, 0.2) is 48.5 Å². The topological polar surface area (TPSA) is 49.8 Å². The van der Waals surface area contributed by atoms with Crippen molar-refractivity contribution in [2.75, 3.05) is 19.0 Å². The van der Waals surface area contributed by atoms with Crippen molar-refractivity contribution in [3.8, 4) is 0 Å². The number of anilines is 1. The number of nitrogens with zero attached hydrogens (tertiary/aromatic N) is 1. The third-order valence-corrected chi connectivity index (χ3v) is 9.27. The summed E-state index contributed by atoms with van der Waals surface area (Å²) >= 11 is 6.03. The Morgan fingerprint density at radius 3 is 2.23 bits per heavy atom. The van der Waals surface area contributed by atoms with Crippen molar-refractivity contribution in [3.63, 3.8) is 0 Å². The molecule has 0 spiro atoms. The predicted octanol–water partition coefficient (Wildman–Crippen LogP) is 6.48. The molecule has 1 aliphatic carbocycles. The number of halogens is 1. The highest BCUT2D eigenvalue weighted by molar-refractivity contribution is 7.67. The minimum atomic E-state index is -3.63. The van der Waals surface area contributed by atoms with Crippen molar-refractivity contribution in [1.82, 2.24) is 0 Å². The van der Waals surface area contributed by atoms with E-state index in [1.165, 1.54) is 0 Å². The molecule has 6 heteroatoms. The van der Waals surface area contributed by atoms with E-state index in [4.69, 9.17) is 16.1 Å². The quantitative estimate of drug-likeness (QED) is 0.477. The smallest absolute Gasteiger partial charge is 0.264 e. The SMILES string of the molecule is CC(C)[C@H]1CC[C@H](C)C[C@H]1O[P@](=O)(c1ccc(N(C)C)cc1)[C@H](O)c1ccc(Cl)cc1. The zero-order valence-electron chi connectivity index (χ0n) is 19.2. The van der Waals surface area contributed by atoms with Crippen LogP contribution in [0.5, 0.6) is 0 Å². The molecule has 0 aromatic heterocycles. The molecule has 1 aliphatic rings. The molecule has 3 rings (SSSR count). The second kappa shape index (κ2) is 10.1. The summed E-state index contributed by atoms with van der Waals surface area (Å²) in [4.78, 5) is 1.99. The molecule has 31 heavy (non-hydrogen) atoms. The van der Waals surface area contributed by atoms with Crippen LogP contribution in [0.1, 0.15) is 51.4 Å². The van der Waals surface area contributed by atoms with Gasteiger partial charge in [-0.1, -0.05) is 50.9 Å². The number of aliphatic hydroxyl groups is 1. The summed E-state index contributed by atoms with van der Waals surface area (Å²) < 4.78 is 21.0. The van der Waals surface area contributed by atoms with Gasteiger partial charge in [0.2, 0.25) is 0 Å². The van der Waals surface area contributed by atoms with E-state index in [0.29, 0.717) is 33.6 Å². The third kappa shape index (κ3) is 5.54. The standard InChI is InChI=1S/C25H35ClNO3P/c1-17(2)23-15-6-18(3)16-24(23)30-31(29,22-13-11-21(12-14-22)27(4)5)25(28)19-7-9-20(26)10-8-19/h7-14,17-18,23-25,28H,6,15-16H2,1-5H3/t18-,23+,24+,25-,31+/m0/s1. The Labute approximate surface area is 192 Å². The van der Waals surface area contributed by atoms with E-state index in [1.54, 1.807) is 24.3 Å². The van der Waals surface area contributed by atoms with Crippen LogP contribution in [0, 0.1) is 17.8 Å². The van der Waals surface area contributed by atoms with Crippen LogP contribution in [0.4, 0.5) is 5.69 Å². The second-order valence-corrected chi connectivity index (χ2v) is 12.2. The molecule has 0 radical (unpaired) electrons. The molecule has 0 heterocycles. The van der Waals surface area contributed by atoms with Gasteiger partial charge in [0.25, 0.3) is 7.37 Å². The molecular formula is C25H35ClNO3P. The summed E-state index contributed by atoms with van der Waals surface area (Å²) in [7, 11) is 0.297. The van der Waals surface area contributed by atoms with Gasteiger partial charge >= 0.3 is 0 Å². The fourth-order valence-corrected chi connectivity index (χ4v) is 6.91. The van der Waals surface area contributed by atoms with Crippen molar-refractivity contribution in [2.24, 2.45) is 17.8 Å². The van der Waals surface area contributed by atoms with Gasteiger partial charge < -0.3 is 14.5 Å². The van der Waals surface area contributed by atoms with E-state index in [-0.39, 0.29) is 6.10 Å². The number of benzene rings is 2. The molecule has 2 aromatic rings. The van der Waals surface area contributed by atoms with E-state index in [2.05, 4.69) is 20.8 Å². The molecule has 5 atom stereocenters. The van der Waals surface area contributed by atoms with Gasteiger partial charge in [0, 0.05) is 30.1 Å². The molecule has 0 unspecified atom stereocenters. The van der Waals surface area contributed by atoms with Crippen LogP contribution < -0.4 is 10.2 Å². The average molecular weight is 464 g/mol. The molecule has 1 fully saturated rings. The van der Waals surface area contributed by atoms with Gasteiger partial charge in [0.1, 0.15) is 0 Å². The Balaban J connectivity index is 2.02. The summed E-state index contributed by atoms with van der Waals surface area (Å²) in [5, 5.41) is 12.5. The number of aliphatic hydroxyl groups excluding tert-OH is 1. The van der Waals surface area contributed by atoms with Crippen molar-refractivity contribution in [1.29, 1.82) is 0 Å². The van der Waals surface area contributed by atoms with Crippen molar-refractivity contribution in [2.45, 2.75) is 52.0 Å². The van der Waals surface area contributed by atoms with Gasteiger partial charge in [-0.2, -0.15) is 0 Å². The highest BCUT2D eigenvalue weighted by atomic mass is 35.5. The zero-order chi connectivity index (χ0) is 22.8. The van der Waals surface area contributed by atoms with Crippen molar-refractivity contribution >= 4 is 30.0 Å². The molecule has 1 saturated carbocycles. The fourth-order valence-electron chi connectivity index (χ4n) is 4.49. The summed E-state index contributed by atoms with van der Waals surface area (Å²) in [6.07, 6.45) is 2.92. The Hall–Kier alpha value is -1.32. The monoisotopic (exact) mass is 463 g/mol. The van der Waals surface area contributed by atoms with Crippen LogP contribution in [0.2, 0.25) is 5.02 Å². The van der Waals surface area contributed by atoms with Gasteiger partial charge in [-0.05, 0) is 72.6 Å². The van der Waals surface area contributed by atoms with Crippen LogP contribution in [-0.4, -0.2) is 25.3 Å². The van der Waals surface area contributed by atoms with Crippen molar-refractivity contribution < 1.29 is 14.2 Å². The van der Waals surface area contributed by atoms with E-state index in [9.17, 15) is 9.67 Å². The molecule has 1 N–H and O–H groups in total. The number of hydrogen-bond donors (Lipinski definition) is 1. The molecule has 0 aliphatic heterocycles. The van der Waals surface area contributed by atoms with E-state index >= 15 is 0 Å². The number of rotatable bonds is 7. The normalized spacial score (nSPS) is 24.6. The first-order chi connectivity index (χ1) is 14.6. The van der Waals surface area contributed by atoms with Crippen LogP contribution in [0.3, 0.4) is 0 Å². The maximum atomic E-state index is 14.5. The molecule has 0 bridgehead atoms. The predicted molar refractivity (Wildman–Crippen MR) is 131 cm³/mol. The van der Waals surface area contributed by atoms with Gasteiger partial charge in [-0.25, -0.2) is 0 Å². The summed E-state index contributed by atoms with van der Waals surface area (Å²) in [6.45, 7) is 6.62. The van der Waals surface area contributed by atoms with Gasteiger partial charge in [0.05, 0.1) is 6.10 Å². The molecule has 0 amide bonds. The largest absolute Gasteiger partial charge is 0.378 e. The maximum absolute atomic E-state index is 14.5. The molecule has 2 aromatic carbocycles. The second-order valence-electron chi connectivity index (χ2n) is 9.40. The summed E-state index contributed by atoms with van der Waals surface area (Å²) in [5.41, 5.74) is 1.55. The Morgan fingerprint density at radius 2 is 1.68 bits per heavy atom. The Morgan fingerprint density at radius 1 is 1.06 bits per heavy atom. The van der Waals surface area contributed by atoms with Crippen LogP contribution >= 0.6 is 19.0 Å². The fraction of sp³-hybridized carbons (Fsp3) is 0.520. The summed E-state index contributed by atoms with van der Waals surface area (Å²) in [5.74, 6) is 0.00925. The van der Waals surface area contributed by atoms with Crippen LogP contribution in [0.25, 0.3) is 0 Å². The molecule has 0 saturated heterocycles. The lowest BCUT2D eigenvalue weighted by Gasteiger charge is -2.40. The van der Waals surface area contributed by atoms with Gasteiger partial charge in [-0.3, -0.25) is 4.57 Å². The third-order valence-electron chi connectivity index (χ3n) is 6.47. The lowest BCUT2D eigenvalue weighted by molar-refractivity contribution is 0.0427.